The minimum Gasteiger partial charge on any atom is -0.324 e. The Labute approximate surface area is 169 Å². The number of hydrogen-bond acceptors (Lipinski definition) is 3. The van der Waals surface area contributed by atoms with Crippen LogP contribution in [0.3, 0.4) is 0 Å². The topological polar surface area (TPSA) is 35.6 Å². The van der Waals surface area contributed by atoms with Crippen molar-refractivity contribution in [2.45, 2.75) is 40.2 Å². The van der Waals surface area contributed by atoms with E-state index in [0.717, 1.165) is 51.3 Å². The summed E-state index contributed by atoms with van der Waals surface area (Å²) in [4.78, 5) is 17.4. The molecule has 0 spiro atoms. The lowest BCUT2D eigenvalue weighted by Crippen LogP contribution is -2.48. The Morgan fingerprint density at radius 1 is 0.857 bits per heavy atom. The molecule has 4 nitrogen and oxygen atoms in total. The van der Waals surface area contributed by atoms with Gasteiger partial charge >= 0.3 is 0 Å². The number of hydrogen-bond donors (Lipinski definition) is 1. The Bertz CT molecular complexity index is 772. The molecule has 150 valence electrons. The number of amides is 1. The van der Waals surface area contributed by atoms with E-state index in [9.17, 15) is 4.79 Å². The lowest BCUT2D eigenvalue weighted by atomic mass is 10.0. The summed E-state index contributed by atoms with van der Waals surface area (Å²) in [6, 6.07) is 14.9. The van der Waals surface area contributed by atoms with Gasteiger partial charge in [0.05, 0.1) is 6.54 Å². The van der Waals surface area contributed by atoms with E-state index in [1.807, 2.05) is 0 Å². The van der Waals surface area contributed by atoms with E-state index in [1.54, 1.807) is 0 Å². The predicted octanol–water partition coefficient (Wildman–Crippen LogP) is 3.88. The summed E-state index contributed by atoms with van der Waals surface area (Å²) in [6.07, 6.45) is 1.86. The van der Waals surface area contributed by atoms with Crippen LogP contribution in [0.25, 0.3) is 0 Å². The van der Waals surface area contributed by atoms with Crippen LogP contribution >= 0.6 is 0 Å². The second-order valence-electron chi connectivity index (χ2n) is 7.69. The number of rotatable bonds is 7. The normalized spacial score (nSPS) is 15.5. The van der Waals surface area contributed by atoms with E-state index < -0.39 is 0 Å². The van der Waals surface area contributed by atoms with Gasteiger partial charge in [0.2, 0.25) is 5.91 Å². The first kappa shape index (κ1) is 20.6. The molecule has 4 heteroatoms. The molecular weight excluding hydrogens is 346 g/mol. The summed E-state index contributed by atoms with van der Waals surface area (Å²) in [5.74, 6) is 0.1000. The molecule has 1 amide bonds. The van der Waals surface area contributed by atoms with Crippen molar-refractivity contribution in [3.8, 4) is 0 Å². The molecule has 0 atom stereocenters. The molecule has 0 saturated carbocycles. The predicted molar refractivity (Wildman–Crippen MR) is 117 cm³/mol. The summed E-state index contributed by atoms with van der Waals surface area (Å²) in [5, 5.41) is 3.19. The van der Waals surface area contributed by atoms with Crippen LogP contribution in [0.15, 0.2) is 42.5 Å². The monoisotopic (exact) mass is 379 g/mol. The number of benzene rings is 2. The van der Waals surface area contributed by atoms with Crippen molar-refractivity contribution in [1.82, 2.24) is 9.80 Å². The molecule has 1 aliphatic rings. The highest BCUT2D eigenvalue weighted by Crippen LogP contribution is 2.22. The molecule has 3 rings (SSSR count). The van der Waals surface area contributed by atoms with E-state index in [1.165, 1.54) is 22.3 Å². The molecule has 0 bridgehead atoms. The van der Waals surface area contributed by atoms with Crippen molar-refractivity contribution in [2.24, 2.45) is 0 Å². The minimum atomic E-state index is 0.1000. The zero-order valence-corrected chi connectivity index (χ0v) is 17.5. The molecule has 1 fully saturated rings. The standard InChI is InChI=1S/C24H33N3O/c1-4-20-11-8-12-21(5-2)24(20)25-23(28)18-27-15-13-26(14-16-27)17-22-10-7-6-9-19(22)3/h6-12H,4-5,13-18H2,1-3H3,(H,25,28). The van der Waals surface area contributed by atoms with Crippen molar-refractivity contribution < 1.29 is 4.79 Å². The molecule has 0 aliphatic carbocycles. The maximum Gasteiger partial charge on any atom is 0.238 e. The lowest BCUT2D eigenvalue weighted by Gasteiger charge is -2.34. The van der Waals surface area contributed by atoms with E-state index in [4.69, 9.17) is 0 Å². The number of carbonyl (C=O) groups is 1. The maximum atomic E-state index is 12.7. The second-order valence-corrected chi connectivity index (χ2v) is 7.69. The summed E-state index contributed by atoms with van der Waals surface area (Å²) in [5.41, 5.74) is 6.21. The van der Waals surface area contributed by atoms with Crippen molar-refractivity contribution in [1.29, 1.82) is 0 Å². The number of nitrogens with zero attached hydrogens (tertiary/aromatic N) is 2. The van der Waals surface area contributed by atoms with Gasteiger partial charge in [0.15, 0.2) is 0 Å². The zero-order chi connectivity index (χ0) is 19.9. The third kappa shape index (κ3) is 5.21. The number of anilines is 1. The Hall–Kier alpha value is -2.17. The Morgan fingerprint density at radius 2 is 1.43 bits per heavy atom. The average molecular weight is 380 g/mol. The first-order valence-corrected chi connectivity index (χ1v) is 10.5. The van der Waals surface area contributed by atoms with Gasteiger partial charge in [-0.25, -0.2) is 0 Å². The van der Waals surface area contributed by atoms with Gasteiger partial charge in [-0.05, 0) is 42.0 Å². The fourth-order valence-corrected chi connectivity index (χ4v) is 3.92. The van der Waals surface area contributed by atoms with Gasteiger partial charge in [-0.15, -0.1) is 0 Å². The van der Waals surface area contributed by atoms with Crippen LogP contribution in [0.4, 0.5) is 5.69 Å². The van der Waals surface area contributed by atoms with Gasteiger partial charge < -0.3 is 5.32 Å². The van der Waals surface area contributed by atoms with Crippen molar-refractivity contribution in [2.75, 3.05) is 38.0 Å². The van der Waals surface area contributed by atoms with Crippen LogP contribution in [-0.4, -0.2) is 48.4 Å². The fourth-order valence-electron chi connectivity index (χ4n) is 3.92. The van der Waals surface area contributed by atoms with Gasteiger partial charge in [0.25, 0.3) is 0 Å². The van der Waals surface area contributed by atoms with Crippen molar-refractivity contribution in [3.63, 3.8) is 0 Å². The molecule has 1 aliphatic heterocycles. The zero-order valence-electron chi connectivity index (χ0n) is 17.5. The molecule has 2 aromatic carbocycles. The number of carbonyl (C=O) groups excluding carboxylic acids is 1. The SMILES string of the molecule is CCc1cccc(CC)c1NC(=O)CN1CCN(Cc2ccccc2C)CC1. The van der Waals surface area contributed by atoms with E-state index in [2.05, 4.69) is 78.4 Å². The summed E-state index contributed by atoms with van der Waals surface area (Å²) in [6.45, 7) is 11.8. The summed E-state index contributed by atoms with van der Waals surface area (Å²) >= 11 is 0. The summed E-state index contributed by atoms with van der Waals surface area (Å²) < 4.78 is 0. The molecule has 1 saturated heterocycles. The largest absolute Gasteiger partial charge is 0.324 e. The van der Waals surface area contributed by atoms with E-state index >= 15 is 0 Å². The highest BCUT2D eigenvalue weighted by Gasteiger charge is 2.20. The third-order valence-electron chi connectivity index (χ3n) is 5.75. The number of aryl methyl sites for hydroxylation is 3. The quantitative estimate of drug-likeness (QED) is 0.793. The van der Waals surface area contributed by atoms with Crippen molar-refractivity contribution in [3.05, 3.63) is 64.7 Å². The Morgan fingerprint density at radius 3 is 2.04 bits per heavy atom. The van der Waals surface area contributed by atoms with E-state index in [-0.39, 0.29) is 5.91 Å². The molecule has 0 aromatic heterocycles. The van der Waals surface area contributed by atoms with Gasteiger partial charge in [0.1, 0.15) is 0 Å². The van der Waals surface area contributed by atoms with Gasteiger partial charge in [-0.1, -0.05) is 56.3 Å². The second kappa shape index (κ2) is 9.85. The summed E-state index contributed by atoms with van der Waals surface area (Å²) in [7, 11) is 0. The van der Waals surface area contributed by atoms with Crippen molar-refractivity contribution >= 4 is 11.6 Å². The highest BCUT2D eigenvalue weighted by molar-refractivity contribution is 5.93. The first-order valence-electron chi connectivity index (χ1n) is 10.5. The molecule has 2 aromatic rings. The van der Waals surface area contributed by atoms with Crippen LogP contribution in [0.2, 0.25) is 0 Å². The number of para-hydroxylation sites is 1. The molecule has 1 N–H and O–H groups in total. The first-order chi connectivity index (χ1) is 13.6. The molecule has 1 heterocycles. The maximum absolute atomic E-state index is 12.7. The van der Waals surface area contributed by atoms with Crippen LogP contribution in [0.5, 0.6) is 0 Å². The molecular formula is C24H33N3O. The van der Waals surface area contributed by atoms with Crippen LogP contribution in [-0.2, 0) is 24.2 Å². The average Bonchev–Trinajstić information content (AvgIpc) is 2.71. The minimum absolute atomic E-state index is 0.1000. The number of piperazine rings is 1. The van der Waals surface area contributed by atoms with Gasteiger partial charge in [-0.3, -0.25) is 14.6 Å². The van der Waals surface area contributed by atoms with Crippen LogP contribution < -0.4 is 5.32 Å². The van der Waals surface area contributed by atoms with Gasteiger partial charge in [-0.2, -0.15) is 0 Å². The van der Waals surface area contributed by atoms with Crippen LogP contribution in [0.1, 0.15) is 36.1 Å². The molecule has 0 unspecified atom stereocenters. The third-order valence-corrected chi connectivity index (χ3v) is 5.75. The lowest BCUT2D eigenvalue weighted by molar-refractivity contribution is -0.117. The molecule has 28 heavy (non-hydrogen) atoms. The fraction of sp³-hybridized carbons (Fsp3) is 0.458. The van der Waals surface area contributed by atoms with Gasteiger partial charge in [0, 0.05) is 38.4 Å². The smallest absolute Gasteiger partial charge is 0.238 e. The van der Waals surface area contributed by atoms with Crippen LogP contribution in [0, 0.1) is 6.92 Å². The highest BCUT2D eigenvalue weighted by atomic mass is 16.2. The number of nitrogens with one attached hydrogen (secondary N) is 1. The molecule has 0 radical (unpaired) electrons. The van der Waals surface area contributed by atoms with E-state index in [0.29, 0.717) is 6.54 Å². The Balaban J connectivity index is 1.51. The Kier molecular flexibility index (Phi) is 7.24.